The molecular formula is C4H8F2O. The zero-order valence-electron chi connectivity index (χ0n) is 4.28. The smallest absolute Gasteiger partial charge is 0.270 e. The molecule has 1 nitrogen and oxygen atoms in total. The second-order valence-electron chi connectivity index (χ2n) is 1.63. The third kappa shape index (κ3) is 2.51. The van der Waals surface area contributed by atoms with Crippen molar-refractivity contribution in [3.63, 3.8) is 0 Å². The van der Waals surface area contributed by atoms with Gasteiger partial charge < -0.3 is 5.11 Å². The highest BCUT2D eigenvalue weighted by Crippen LogP contribution is 2.15. The molecule has 3 heteroatoms. The Labute approximate surface area is 41.0 Å². The maximum atomic E-state index is 11.6. The fraction of sp³-hybridized carbons (Fsp3) is 1.00. The van der Waals surface area contributed by atoms with E-state index in [2.05, 4.69) is 0 Å². The van der Waals surface area contributed by atoms with Crippen LogP contribution in [0.2, 0.25) is 0 Å². The van der Waals surface area contributed by atoms with E-state index in [1.165, 1.54) is 0 Å². The lowest BCUT2D eigenvalue weighted by molar-refractivity contribution is -0.0838. The van der Waals surface area contributed by atoms with Crippen LogP contribution in [0.3, 0.4) is 0 Å². The summed E-state index contributed by atoms with van der Waals surface area (Å²) in [6, 6.07) is 0. The Morgan fingerprint density at radius 2 is 1.71 bits per heavy atom. The van der Waals surface area contributed by atoms with Gasteiger partial charge in [-0.25, -0.2) is 8.78 Å². The summed E-state index contributed by atoms with van der Waals surface area (Å²) < 4.78 is 23.2. The second kappa shape index (κ2) is 1.74. The van der Waals surface area contributed by atoms with Crippen molar-refractivity contribution in [3.05, 3.63) is 0 Å². The minimum Gasteiger partial charge on any atom is -0.387 e. The third-order valence-electron chi connectivity index (χ3n) is 0.734. The number of hydrogen-bond donors (Lipinski definition) is 1. The molecule has 0 spiro atoms. The SMILES string of the molecule is CC(O)C(C)(F)F. The van der Waals surface area contributed by atoms with Gasteiger partial charge in [-0.05, 0) is 6.92 Å². The first-order valence-corrected chi connectivity index (χ1v) is 2.00. The van der Waals surface area contributed by atoms with Crippen molar-refractivity contribution in [2.45, 2.75) is 25.9 Å². The van der Waals surface area contributed by atoms with E-state index in [0.29, 0.717) is 6.92 Å². The Hall–Kier alpha value is -0.180. The van der Waals surface area contributed by atoms with E-state index in [4.69, 9.17) is 5.11 Å². The third-order valence-corrected chi connectivity index (χ3v) is 0.734. The topological polar surface area (TPSA) is 20.2 Å². The minimum atomic E-state index is -2.94. The van der Waals surface area contributed by atoms with Crippen molar-refractivity contribution in [2.75, 3.05) is 0 Å². The average molecular weight is 110 g/mol. The molecular weight excluding hydrogens is 102 g/mol. The first kappa shape index (κ1) is 6.82. The van der Waals surface area contributed by atoms with Crippen LogP contribution in [-0.4, -0.2) is 17.1 Å². The molecule has 0 aromatic heterocycles. The Morgan fingerprint density at radius 1 is 1.57 bits per heavy atom. The molecule has 0 saturated carbocycles. The van der Waals surface area contributed by atoms with Gasteiger partial charge in [-0.1, -0.05) is 0 Å². The summed E-state index contributed by atoms with van der Waals surface area (Å²) >= 11 is 0. The first-order chi connectivity index (χ1) is 2.94. The average Bonchev–Trinajstić information content (AvgIpc) is 1.31. The predicted octanol–water partition coefficient (Wildman–Crippen LogP) is 1.02. The van der Waals surface area contributed by atoms with Crippen LogP contribution in [0.15, 0.2) is 0 Å². The van der Waals surface area contributed by atoms with Crippen LogP contribution in [0.25, 0.3) is 0 Å². The maximum absolute atomic E-state index is 11.6. The first-order valence-electron chi connectivity index (χ1n) is 2.00. The molecule has 0 aromatic rings. The van der Waals surface area contributed by atoms with Gasteiger partial charge in [-0.3, -0.25) is 0 Å². The summed E-state index contributed by atoms with van der Waals surface area (Å²) in [6.07, 6.45) is -1.53. The van der Waals surface area contributed by atoms with Gasteiger partial charge in [0.1, 0.15) is 6.10 Å². The summed E-state index contributed by atoms with van der Waals surface area (Å²) in [7, 11) is 0. The summed E-state index contributed by atoms with van der Waals surface area (Å²) in [5.41, 5.74) is 0. The second-order valence-corrected chi connectivity index (χ2v) is 1.63. The van der Waals surface area contributed by atoms with E-state index in [0.717, 1.165) is 6.92 Å². The molecule has 0 aliphatic rings. The quantitative estimate of drug-likeness (QED) is 0.534. The zero-order valence-corrected chi connectivity index (χ0v) is 4.28. The zero-order chi connectivity index (χ0) is 6.08. The highest BCUT2D eigenvalue weighted by molar-refractivity contribution is 4.63. The van der Waals surface area contributed by atoms with Gasteiger partial charge >= 0.3 is 0 Å². The minimum absolute atomic E-state index is 0.678. The van der Waals surface area contributed by atoms with E-state index in [-0.39, 0.29) is 0 Å². The molecule has 1 unspecified atom stereocenters. The molecule has 0 aromatic carbocycles. The van der Waals surface area contributed by atoms with Gasteiger partial charge in [-0.15, -0.1) is 0 Å². The van der Waals surface area contributed by atoms with Gasteiger partial charge in [0, 0.05) is 6.92 Å². The summed E-state index contributed by atoms with van der Waals surface area (Å²) in [5.74, 6) is -2.94. The number of halogens is 2. The lowest BCUT2D eigenvalue weighted by Gasteiger charge is -2.11. The summed E-state index contributed by atoms with van der Waals surface area (Å²) in [6.45, 7) is 1.73. The normalized spacial score (nSPS) is 16.7. The van der Waals surface area contributed by atoms with Gasteiger partial charge in [0.25, 0.3) is 5.92 Å². The van der Waals surface area contributed by atoms with E-state index < -0.39 is 12.0 Å². The summed E-state index contributed by atoms with van der Waals surface area (Å²) in [4.78, 5) is 0. The number of rotatable bonds is 1. The number of alkyl halides is 2. The highest BCUT2D eigenvalue weighted by Gasteiger charge is 2.27. The molecule has 0 aliphatic carbocycles. The summed E-state index contributed by atoms with van der Waals surface area (Å²) in [5, 5.41) is 8.14. The van der Waals surface area contributed by atoms with Crippen molar-refractivity contribution < 1.29 is 13.9 Å². The molecule has 0 aliphatic heterocycles. The molecule has 1 N–H and O–H groups in total. The molecule has 0 amide bonds. The Bertz CT molecular complexity index is 55.2. The van der Waals surface area contributed by atoms with Crippen LogP contribution in [-0.2, 0) is 0 Å². The monoisotopic (exact) mass is 110 g/mol. The van der Waals surface area contributed by atoms with Gasteiger partial charge in [-0.2, -0.15) is 0 Å². The van der Waals surface area contributed by atoms with Crippen LogP contribution in [0, 0.1) is 0 Å². The van der Waals surface area contributed by atoms with Crippen LogP contribution in [0.1, 0.15) is 13.8 Å². The molecule has 0 fully saturated rings. The van der Waals surface area contributed by atoms with E-state index in [9.17, 15) is 8.78 Å². The van der Waals surface area contributed by atoms with Crippen molar-refractivity contribution in [1.82, 2.24) is 0 Å². The van der Waals surface area contributed by atoms with Crippen LogP contribution in [0.5, 0.6) is 0 Å². The van der Waals surface area contributed by atoms with Crippen molar-refractivity contribution in [3.8, 4) is 0 Å². The fourth-order valence-electron chi connectivity index (χ4n) is 0. The molecule has 1 atom stereocenters. The van der Waals surface area contributed by atoms with Crippen molar-refractivity contribution in [1.29, 1.82) is 0 Å². The number of hydrogen-bond acceptors (Lipinski definition) is 1. The Kier molecular flexibility index (Phi) is 1.69. The van der Waals surface area contributed by atoms with E-state index in [1.54, 1.807) is 0 Å². The maximum Gasteiger partial charge on any atom is 0.270 e. The lowest BCUT2D eigenvalue weighted by atomic mass is 10.2. The van der Waals surface area contributed by atoms with Crippen molar-refractivity contribution in [2.24, 2.45) is 0 Å². The van der Waals surface area contributed by atoms with Crippen LogP contribution >= 0.6 is 0 Å². The molecule has 0 rings (SSSR count). The standard InChI is InChI=1S/C4H8F2O/c1-3(7)4(2,5)6/h3,7H,1-2H3. The van der Waals surface area contributed by atoms with Gasteiger partial charge in [0.05, 0.1) is 0 Å². The lowest BCUT2D eigenvalue weighted by Crippen LogP contribution is -2.26. The Morgan fingerprint density at radius 3 is 1.71 bits per heavy atom. The molecule has 7 heavy (non-hydrogen) atoms. The van der Waals surface area contributed by atoms with Crippen LogP contribution in [0.4, 0.5) is 8.78 Å². The van der Waals surface area contributed by atoms with Gasteiger partial charge in [0.2, 0.25) is 0 Å². The molecule has 0 bridgehead atoms. The molecule has 0 heterocycles. The molecule has 0 radical (unpaired) electrons. The van der Waals surface area contributed by atoms with E-state index in [1.807, 2.05) is 0 Å². The number of aliphatic hydroxyl groups is 1. The van der Waals surface area contributed by atoms with Crippen molar-refractivity contribution >= 4 is 0 Å². The van der Waals surface area contributed by atoms with Gasteiger partial charge in [0.15, 0.2) is 0 Å². The fourth-order valence-corrected chi connectivity index (χ4v) is 0. The molecule has 0 saturated heterocycles. The predicted molar refractivity (Wildman–Crippen MR) is 22.3 cm³/mol. The molecule has 44 valence electrons. The largest absolute Gasteiger partial charge is 0.387 e. The number of aliphatic hydroxyl groups excluding tert-OH is 1. The van der Waals surface area contributed by atoms with E-state index >= 15 is 0 Å². The van der Waals surface area contributed by atoms with Crippen LogP contribution < -0.4 is 0 Å². The highest BCUT2D eigenvalue weighted by atomic mass is 19.3. The Balaban J connectivity index is 3.54.